The first kappa shape index (κ1) is 24.8. The number of unbranched alkanes of at least 4 members (excludes halogenated alkanes) is 1. The van der Waals surface area contributed by atoms with Gasteiger partial charge in [0.1, 0.15) is 17.6 Å². The van der Waals surface area contributed by atoms with Gasteiger partial charge in [0.2, 0.25) is 5.89 Å². The van der Waals surface area contributed by atoms with Gasteiger partial charge in [0.25, 0.3) is 0 Å². The lowest BCUT2D eigenvalue weighted by molar-refractivity contribution is -0.144. The maximum absolute atomic E-state index is 12.1. The van der Waals surface area contributed by atoms with Gasteiger partial charge in [-0.3, -0.25) is 9.69 Å². The molecule has 0 amide bonds. The van der Waals surface area contributed by atoms with Crippen molar-refractivity contribution in [2.75, 3.05) is 19.7 Å². The first-order chi connectivity index (χ1) is 15.9. The van der Waals surface area contributed by atoms with E-state index >= 15 is 0 Å². The standard InChI is InChI=1S/C27H36N2O4/c1-5-6-7-15-29-16-13-21-11-12-22(18-23(21)26(29)27(30)31)32-17-14-24-20(4)33-25(28-24)10-8-9-19(2)3/h5,8,10-12,18-19,26H,1,6-7,9,13-17H2,2-4H3,(H,30,31). The highest BCUT2D eigenvalue weighted by atomic mass is 16.5. The van der Waals surface area contributed by atoms with Crippen LogP contribution in [0, 0.1) is 12.8 Å². The summed E-state index contributed by atoms with van der Waals surface area (Å²) >= 11 is 0. The topological polar surface area (TPSA) is 75.8 Å². The van der Waals surface area contributed by atoms with E-state index in [-0.39, 0.29) is 0 Å². The molecule has 1 aliphatic heterocycles. The molecule has 1 N–H and O–H groups in total. The summed E-state index contributed by atoms with van der Waals surface area (Å²) in [6.45, 7) is 12.0. The van der Waals surface area contributed by atoms with Crippen LogP contribution in [0.1, 0.15) is 67.6 Å². The minimum Gasteiger partial charge on any atom is -0.493 e. The van der Waals surface area contributed by atoms with Crippen molar-refractivity contribution in [2.45, 2.75) is 58.9 Å². The first-order valence-corrected chi connectivity index (χ1v) is 11.8. The van der Waals surface area contributed by atoms with Crippen molar-refractivity contribution in [2.24, 2.45) is 5.92 Å². The van der Waals surface area contributed by atoms with Gasteiger partial charge in [0.05, 0.1) is 12.3 Å². The molecule has 1 aliphatic rings. The van der Waals surface area contributed by atoms with Gasteiger partial charge in [-0.1, -0.05) is 32.1 Å². The second-order valence-electron chi connectivity index (χ2n) is 9.00. The van der Waals surface area contributed by atoms with Crippen molar-refractivity contribution >= 4 is 12.0 Å². The molecular formula is C27H36N2O4. The fraction of sp³-hybridized carbons (Fsp3) is 0.481. The van der Waals surface area contributed by atoms with Crippen LogP contribution in [0.25, 0.3) is 6.08 Å². The zero-order valence-corrected chi connectivity index (χ0v) is 20.0. The fourth-order valence-corrected chi connectivity index (χ4v) is 4.16. The van der Waals surface area contributed by atoms with Crippen molar-refractivity contribution in [1.82, 2.24) is 9.88 Å². The molecule has 0 radical (unpaired) electrons. The van der Waals surface area contributed by atoms with Gasteiger partial charge in [-0.05, 0) is 74.4 Å². The molecule has 178 valence electrons. The molecule has 0 fully saturated rings. The lowest BCUT2D eigenvalue weighted by Gasteiger charge is -2.35. The van der Waals surface area contributed by atoms with Crippen LogP contribution in [-0.2, 0) is 17.6 Å². The number of carboxylic acid groups (broad SMARTS) is 1. The highest BCUT2D eigenvalue weighted by Gasteiger charge is 2.32. The third-order valence-electron chi connectivity index (χ3n) is 5.92. The van der Waals surface area contributed by atoms with E-state index in [1.165, 1.54) is 0 Å². The molecule has 1 unspecified atom stereocenters. The van der Waals surface area contributed by atoms with Crippen molar-refractivity contribution in [3.8, 4) is 5.75 Å². The zero-order valence-electron chi connectivity index (χ0n) is 20.0. The number of carboxylic acids is 1. The van der Waals surface area contributed by atoms with Crippen molar-refractivity contribution in [1.29, 1.82) is 0 Å². The predicted molar refractivity (Wildman–Crippen MR) is 130 cm³/mol. The Bertz CT molecular complexity index is 976. The highest BCUT2D eigenvalue weighted by molar-refractivity contribution is 5.77. The Labute approximate surface area is 197 Å². The van der Waals surface area contributed by atoms with E-state index in [2.05, 4.69) is 31.5 Å². The molecular weight excluding hydrogens is 416 g/mol. The van der Waals surface area contributed by atoms with Gasteiger partial charge in [0.15, 0.2) is 0 Å². The molecule has 6 heteroatoms. The zero-order chi connectivity index (χ0) is 23.8. The molecule has 0 spiro atoms. The second-order valence-corrected chi connectivity index (χ2v) is 9.00. The molecule has 2 aromatic rings. The molecule has 1 aromatic carbocycles. The Morgan fingerprint density at radius 3 is 2.97 bits per heavy atom. The lowest BCUT2D eigenvalue weighted by Crippen LogP contribution is -2.40. The minimum atomic E-state index is -0.817. The van der Waals surface area contributed by atoms with E-state index < -0.39 is 12.0 Å². The third kappa shape index (κ3) is 6.81. The number of aryl methyl sites for hydroxylation is 1. The second kappa shape index (κ2) is 11.8. The van der Waals surface area contributed by atoms with Gasteiger partial charge < -0.3 is 14.3 Å². The quantitative estimate of drug-likeness (QED) is 0.333. The number of benzene rings is 1. The lowest BCUT2D eigenvalue weighted by atomic mass is 9.92. The van der Waals surface area contributed by atoms with Crippen LogP contribution < -0.4 is 4.74 Å². The number of nitrogens with zero attached hydrogens (tertiary/aromatic N) is 2. The molecule has 0 aliphatic carbocycles. The van der Waals surface area contributed by atoms with E-state index in [4.69, 9.17) is 9.15 Å². The maximum Gasteiger partial charge on any atom is 0.325 e. The van der Waals surface area contributed by atoms with E-state index in [1.807, 2.05) is 42.2 Å². The van der Waals surface area contributed by atoms with Gasteiger partial charge in [-0.25, -0.2) is 4.98 Å². The highest BCUT2D eigenvalue weighted by Crippen LogP contribution is 2.33. The van der Waals surface area contributed by atoms with Crippen LogP contribution in [0.4, 0.5) is 0 Å². The average molecular weight is 453 g/mol. The smallest absolute Gasteiger partial charge is 0.325 e. The van der Waals surface area contributed by atoms with Crippen LogP contribution in [0.3, 0.4) is 0 Å². The Morgan fingerprint density at radius 2 is 2.24 bits per heavy atom. The van der Waals surface area contributed by atoms with Crippen molar-refractivity contribution < 1.29 is 19.1 Å². The molecule has 0 saturated heterocycles. The van der Waals surface area contributed by atoms with Crippen LogP contribution in [0.15, 0.2) is 41.3 Å². The summed E-state index contributed by atoms with van der Waals surface area (Å²) in [5.41, 5.74) is 2.80. The fourth-order valence-electron chi connectivity index (χ4n) is 4.16. The molecule has 6 nitrogen and oxygen atoms in total. The monoisotopic (exact) mass is 452 g/mol. The summed E-state index contributed by atoms with van der Waals surface area (Å²) in [6, 6.07) is 5.19. The largest absolute Gasteiger partial charge is 0.493 e. The number of carbonyl (C=O) groups is 1. The summed E-state index contributed by atoms with van der Waals surface area (Å²) in [7, 11) is 0. The number of hydrogen-bond donors (Lipinski definition) is 1. The van der Waals surface area contributed by atoms with Gasteiger partial charge in [0, 0.05) is 13.0 Å². The number of rotatable bonds is 12. The Balaban J connectivity index is 1.63. The van der Waals surface area contributed by atoms with Crippen molar-refractivity contribution in [3.63, 3.8) is 0 Å². The van der Waals surface area contributed by atoms with E-state index in [0.717, 1.165) is 61.4 Å². The van der Waals surface area contributed by atoms with Crippen LogP contribution >= 0.6 is 0 Å². The number of fused-ring (bicyclic) bond motifs is 1. The summed E-state index contributed by atoms with van der Waals surface area (Å²) in [4.78, 5) is 18.7. The molecule has 1 atom stereocenters. The van der Waals surface area contributed by atoms with Crippen molar-refractivity contribution in [3.05, 3.63) is 65.4 Å². The Kier molecular flexibility index (Phi) is 8.89. The van der Waals surface area contributed by atoms with Crippen LogP contribution in [0.5, 0.6) is 5.75 Å². The number of ether oxygens (including phenoxy) is 1. The summed E-state index contributed by atoms with van der Waals surface area (Å²) in [5, 5.41) is 9.93. The normalized spacial score (nSPS) is 16.3. The molecule has 3 rings (SSSR count). The number of oxazole rings is 1. The number of aliphatic carboxylic acids is 1. The SMILES string of the molecule is C=CCCCN1CCc2ccc(OCCc3nc(C=CCC(C)C)oc3C)cc2C1C(=O)O. The first-order valence-electron chi connectivity index (χ1n) is 11.8. The van der Waals surface area contributed by atoms with Crippen LogP contribution in [0.2, 0.25) is 0 Å². The minimum absolute atomic E-state index is 0.447. The molecule has 33 heavy (non-hydrogen) atoms. The third-order valence-corrected chi connectivity index (χ3v) is 5.92. The van der Waals surface area contributed by atoms with E-state index in [0.29, 0.717) is 30.6 Å². The van der Waals surface area contributed by atoms with Crippen LogP contribution in [-0.4, -0.2) is 40.7 Å². The summed E-state index contributed by atoms with van der Waals surface area (Å²) < 4.78 is 11.7. The van der Waals surface area contributed by atoms with E-state index in [9.17, 15) is 9.90 Å². The number of hydrogen-bond acceptors (Lipinski definition) is 5. The summed E-state index contributed by atoms with van der Waals surface area (Å²) in [5.74, 6) is 1.89. The number of aromatic nitrogens is 1. The molecule has 0 saturated carbocycles. The maximum atomic E-state index is 12.1. The average Bonchev–Trinajstić information content (AvgIpc) is 3.12. The number of allylic oxidation sites excluding steroid dienone is 2. The molecule has 1 aromatic heterocycles. The van der Waals surface area contributed by atoms with Gasteiger partial charge >= 0.3 is 5.97 Å². The Morgan fingerprint density at radius 1 is 1.42 bits per heavy atom. The predicted octanol–water partition coefficient (Wildman–Crippen LogP) is 5.61. The van der Waals surface area contributed by atoms with Gasteiger partial charge in [-0.2, -0.15) is 0 Å². The Hall–Kier alpha value is -2.86. The molecule has 2 heterocycles. The van der Waals surface area contributed by atoms with E-state index in [1.54, 1.807) is 0 Å². The van der Waals surface area contributed by atoms with Gasteiger partial charge in [-0.15, -0.1) is 6.58 Å². The molecule has 0 bridgehead atoms. The summed E-state index contributed by atoms with van der Waals surface area (Å²) in [6.07, 6.45) is 10.1.